The minimum absolute atomic E-state index is 0.0734. The van der Waals surface area contributed by atoms with Gasteiger partial charge >= 0.3 is 19.5 Å². The second kappa shape index (κ2) is 15.3. The molecule has 2 saturated heterocycles. The van der Waals surface area contributed by atoms with Gasteiger partial charge in [-0.25, -0.2) is 9.29 Å². The van der Waals surface area contributed by atoms with E-state index in [-0.39, 0.29) is 38.3 Å². The Balaban J connectivity index is 1.27. The van der Waals surface area contributed by atoms with Crippen LogP contribution in [0.3, 0.4) is 0 Å². The molecule has 0 aromatic heterocycles. The Hall–Kier alpha value is -5.41. The molecule has 2 heterocycles. The number of fused-ring (bicyclic) bond motifs is 3. The average Bonchev–Trinajstić information content (AvgIpc) is 3.41. The molecule has 0 radical (unpaired) electrons. The number of ether oxygens (including phenoxy) is 1. The maximum absolute atomic E-state index is 14.3. The minimum atomic E-state index is -5.22. The number of amides is 2. The van der Waals surface area contributed by atoms with E-state index in [1.807, 2.05) is 30.3 Å². The molecule has 2 fully saturated rings. The van der Waals surface area contributed by atoms with Crippen LogP contribution in [0.25, 0.3) is 11.6 Å². The predicted octanol–water partition coefficient (Wildman–Crippen LogP) is 8.97. The third-order valence-electron chi connectivity index (χ3n) is 10.4. The fourth-order valence-corrected chi connectivity index (χ4v) is 7.96. The van der Waals surface area contributed by atoms with Crippen molar-refractivity contribution in [2.45, 2.75) is 44.0 Å². The molecule has 4 aromatic rings. The van der Waals surface area contributed by atoms with Crippen molar-refractivity contribution in [3.8, 4) is 11.5 Å². The molecule has 7 nitrogen and oxygen atoms in total. The third kappa shape index (κ3) is 7.96. The predicted molar refractivity (Wildman–Crippen MR) is 192 cm³/mol. The van der Waals surface area contributed by atoms with Crippen LogP contribution in [0.2, 0.25) is 6.32 Å². The summed E-state index contributed by atoms with van der Waals surface area (Å²) >= 11 is 0. The molecule has 3 aliphatic rings. The normalized spacial score (nSPS) is 21.7. The largest absolute Gasteiger partial charge is 0.505 e. The number of benzene rings is 4. The van der Waals surface area contributed by atoms with E-state index in [2.05, 4.69) is 0 Å². The van der Waals surface area contributed by atoms with E-state index in [4.69, 9.17) is 9.39 Å². The highest BCUT2D eigenvalue weighted by atomic mass is 19.4. The van der Waals surface area contributed by atoms with Gasteiger partial charge in [0.15, 0.2) is 11.6 Å². The number of carbonyl (C=O) groups excluding carboxylic acids is 2. The van der Waals surface area contributed by atoms with Gasteiger partial charge in [-0.05, 0) is 102 Å². The van der Waals surface area contributed by atoms with Crippen LogP contribution in [0.15, 0.2) is 108 Å². The molecule has 15 heteroatoms. The molecule has 0 saturated carbocycles. The fraction of sp³-hybridized carbons (Fsp3) is 0.268. The summed E-state index contributed by atoms with van der Waals surface area (Å²) in [6, 6.07) is 22.4. The zero-order chi connectivity index (χ0) is 39.9. The molecule has 0 spiro atoms. The van der Waals surface area contributed by atoms with Crippen molar-refractivity contribution >= 4 is 36.3 Å². The Bertz CT molecular complexity index is 2160. The first-order valence-electron chi connectivity index (χ1n) is 17.7. The molecule has 1 aliphatic carbocycles. The molecule has 2 amide bonds. The molecule has 2 aliphatic heterocycles. The number of para-hydroxylation sites is 1. The Morgan fingerprint density at radius 2 is 1.50 bits per heavy atom. The molecule has 4 aromatic carbocycles. The van der Waals surface area contributed by atoms with Crippen molar-refractivity contribution < 1.29 is 59.8 Å². The van der Waals surface area contributed by atoms with Crippen LogP contribution in [0.4, 0.5) is 36.4 Å². The number of nitrogens with zero attached hydrogens (tertiary/aromatic N) is 1. The Kier molecular flexibility index (Phi) is 10.6. The van der Waals surface area contributed by atoms with Gasteiger partial charge in [-0.15, -0.1) is 0 Å². The summed E-state index contributed by atoms with van der Waals surface area (Å²) in [5.74, 6) is -6.09. The summed E-state index contributed by atoms with van der Waals surface area (Å²) < 4.78 is 110. The van der Waals surface area contributed by atoms with Gasteiger partial charge in [0.1, 0.15) is 12.4 Å². The molecule has 4 atom stereocenters. The van der Waals surface area contributed by atoms with Crippen molar-refractivity contribution in [1.82, 2.24) is 0 Å². The average molecular weight is 780 g/mol. The van der Waals surface area contributed by atoms with Crippen LogP contribution in [0.5, 0.6) is 11.5 Å². The number of alkyl halides is 6. The van der Waals surface area contributed by atoms with Gasteiger partial charge in [0, 0.05) is 0 Å². The molecule has 0 unspecified atom stereocenters. The van der Waals surface area contributed by atoms with Crippen molar-refractivity contribution in [2.24, 2.45) is 17.8 Å². The molecule has 56 heavy (non-hydrogen) atoms. The van der Waals surface area contributed by atoms with Gasteiger partial charge in [0.25, 0.3) is 0 Å². The number of halogens is 7. The van der Waals surface area contributed by atoms with Crippen LogP contribution in [-0.2, 0) is 26.6 Å². The summed E-state index contributed by atoms with van der Waals surface area (Å²) in [5.41, 5.74) is -1.13. The number of phenols is 1. The van der Waals surface area contributed by atoms with Gasteiger partial charge in [-0.2, -0.15) is 26.3 Å². The fourth-order valence-electron chi connectivity index (χ4n) is 7.96. The number of aromatic hydroxyl groups is 1. The lowest BCUT2D eigenvalue weighted by Gasteiger charge is -2.43. The zero-order valence-electron chi connectivity index (χ0n) is 29.4. The Morgan fingerprint density at radius 1 is 0.857 bits per heavy atom. The standard InChI is InChI=1S/C41H33BF7NO6/c43-33-16-23(11-13-34(33)51)15-25(24-7-3-1-4-8-24)12-14-35-36-26(22-55-30-9-5-2-6-10-30)17-31-37(32(36)21-42(54)56-35)39(53)50(38(31)52)29-19-27(40(44,45)46)18-28(20-29)41(47,48)49/h1-11,13,15-16,18-20,31-32,35,37,51,54H,12,14,17,21-22H2/b25-15-/t31-,32+,35-,37-/m1/s1. The SMILES string of the molecule is O=C1[C@@H]2[C@@H](CC(COc3ccccc3)=C3[C@@H](CC/C(=C/c4ccc(O)c(F)c4)c4ccccc4)OB(O)C[C@@H]32)C(=O)N1c1cc(C(F)(F)F)cc(C(F)(F)F)c1. The van der Waals surface area contributed by atoms with E-state index in [1.165, 1.54) is 18.2 Å². The van der Waals surface area contributed by atoms with E-state index in [0.29, 0.717) is 39.5 Å². The third-order valence-corrected chi connectivity index (χ3v) is 10.4. The van der Waals surface area contributed by atoms with E-state index in [0.717, 1.165) is 11.1 Å². The van der Waals surface area contributed by atoms with Gasteiger partial charge in [-0.3, -0.25) is 9.59 Å². The van der Waals surface area contributed by atoms with Crippen LogP contribution in [0, 0.1) is 23.6 Å². The summed E-state index contributed by atoms with van der Waals surface area (Å²) in [5, 5.41) is 20.8. The maximum atomic E-state index is 14.3. The second-order valence-electron chi connectivity index (χ2n) is 14.0. The first-order chi connectivity index (χ1) is 26.6. The number of carbonyl (C=O) groups is 2. The number of phenolic OH excluding ortho intramolecular Hbond substituents is 1. The maximum Gasteiger partial charge on any atom is 0.455 e. The first-order valence-corrected chi connectivity index (χ1v) is 17.7. The lowest BCUT2D eigenvalue weighted by molar-refractivity contribution is -0.143. The topological polar surface area (TPSA) is 96.3 Å². The lowest BCUT2D eigenvalue weighted by atomic mass is 9.58. The summed E-state index contributed by atoms with van der Waals surface area (Å²) in [6.07, 6.45) is -9.38. The number of imide groups is 1. The van der Waals surface area contributed by atoms with Crippen LogP contribution in [0.1, 0.15) is 41.5 Å². The van der Waals surface area contributed by atoms with E-state index >= 15 is 0 Å². The van der Waals surface area contributed by atoms with Gasteiger partial charge in [0.05, 0.1) is 34.8 Å². The number of hydrogen-bond acceptors (Lipinski definition) is 6. The second-order valence-corrected chi connectivity index (χ2v) is 14.0. The van der Waals surface area contributed by atoms with Crippen molar-refractivity contribution in [1.29, 1.82) is 0 Å². The highest BCUT2D eigenvalue weighted by molar-refractivity contribution is 6.43. The van der Waals surface area contributed by atoms with Crippen LogP contribution < -0.4 is 9.64 Å². The summed E-state index contributed by atoms with van der Waals surface area (Å²) in [6.45, 7) is -0.0908. The van der Waals surface area contributed by atoms with E-state index < -0.39 is 83.5 Å². The highest BCUT2D eigenvalue weighted by Crippen LogP contribution is 2.52. The summed E-state index contributed by atoms with van der Waals surface area (Å²) in [4.78, 5) is 28.7. The summed E-state index contributed by atoms with van der Waals surface area (Å²) in [7, 11) is -1.44. The van der Waals surface area contributed by atoms with Crippen LogP contribution >= 0.6 is 0 Å². The zero-order valence-corrected chi connectivity index (χ0v) is 29.4. The number of rotatable bonds is 9. The Morgan fingerprint density at radius 3 is 2.12 bits per heavy atom. The van der Waals surface area contributed by atoms with Gasteiger partial charge in [-0.1, -0.05) is 60.7 Å². The lowest BCUT2D eigenvalue weighted by Crippen LogP contribution is -2.46. The molecule has 2 N–H and O–H groups in total. The minimum Gasteiger partial charge on any atom is -0.505 e. The molecule has 290 valence electrons. The van der Waals surface area contributed by atoms with E-state index in [1.54, 1.807) is 36.4 Å². The van der Waals surface area contributed by atoms with Crippen molar-refractivity contribution in [3.63, 3.8) is 0 Å². The van der Waals surface area contributed by atoms with E-state index in [9.17, 15) is 50.5 Å². The Labute approximate surface area is 316 Å². The smallest absolute Gasteiger partial charge is 0.455 e. The number of anilines is 1. The molecule has 7 rings (SSSR count). The monoisotopic (exact) mass is 779 g/mol. The molecular formula is C41H33BF7NO6. The first kappa shape index (κ1) is 38.9. The number of allylic oxidation sites excluding steroid dienone is 1. The van der Waals surface area contributed by atoms with Crippen LogP contribution in [-0.4, -0.2) is 41.8 Å². The quantitative estimate of drug-likeness (QED) is 0.0580. The molecule has 0 bridgehead atoms. The highest BCUT2D eigenvalue weighted by Gasteiger charge is 2.58. The van der Waals surface area contributed by atoms with Crippen molar-refractivity contribution in [2.75, 3.05) is 11.5 Å². The number of hydrogen-bond donors (Lipinski definition) is 2. The van der Waals surface area contributed by atoms with Gasteiger partial charge in [0.2, 0.25) is 11.8 Å². The van der Waals surface area contributed by atoms with Gasteiger partial charge < -0.3 is 19.5 Å². The molecular weight excluding hydrogens is 746 g/mol. The van der Waals surface area contributed by atoms with Crippen molar-refractivity contribution in [3.05, 3.63) is 136 Å².